The van der Waals surface area contributed by atoms with Crippen molar-refractivity contribution in [1.29, 1.82) is 0 Å². The highest BCUT2D eigenvalue weighted by molar-refractivity contribution is 7.89. The van der Waals surface area contributed by atoms with Gasteiger partial charge in [-0.25, -0.2) is 8.42 Å². The van der Waals surface area contributed by atoms with Crippen LogP contribution in [0.4, 0.5) is 0 Å². The number of carbonyl (C=O) groups is 1. The Morgan fingerprint density at radius 1 is 1.06 bits per heavy atom. The van der Waals surface area contributed by atoms with Crippen molar-refractivity contribution in [3.05, 3.63) is 29.8 Å². The number of amides is 1. The molecule has 5 aliphatic rings. The van der Waals surface area contributed by atoms with Crippen molar-refractivity contribution < 1.29 is 17.9 Å². The summed E-state index contributed by atoms with van der Waals surface area (Å²) in [7, 11) is -3.68. The number of rotatable bonds is 5. The molecule has 0 aromatic heterocycles. The van der Waals surface area contributed by atoms with Crippen molar-refractivity contribution in [2.75, 3.05) is 13.1 Å². The van der Waals surface area contributed by atoms with Crippen LogP contribution in [0.25, 0.3) is 0 Å². The molecule has 6 rings (SSSR count). The van der Waals surface area contributed by atoms with Crippen molar-refractivity contribution in [1.82, 2.24) is 9.62 Å². The van der Waals surface area contributed by atoms with E-state index in [0.717, 1.165) is 17.8 Å². The minimum atomic E-state index is -3.68. The second kappa shape index (κ2) is 8.10. The van der Waals surface area contributed by atoms with Crippen molar-refractivity contribution in [3.63, 3.8) is 0 Å². The first-order valence-electron chi connectivity index (χ1n) is 12.2. The zero-order valence-corrected chi connectivity index (χ0v) is 20.2. The first kappa shape index (κ1) is 22.4. The first-order chi connectivity index (χ1) is 15.1. The molecular weight excluding hydrogens is 424 g/mol. The fraction of sp³-hybridized carbons (Fsp3) is 0.720. The van der Waals surface area contributed by atoms with E-state index >= 15 is 0 Å². The predicted octanol–water partition coefficient (Wildman–Crippen LogP) is 3.82. The van der Waals surface area contributed by atoms with Crippen molar-refractivity contribution >= 4 is 15.9 Å². The van der Waals surface area contributed by atoms with Crippen LogP contribution in [0.3, 0.4) is 0 Å². The third kappa shape index (κ3) is 4.01. The highest BCUT2D eigenvalue weighted by atomic mass is 32.2. The minimum absolute atomic E-state index is 0.101. The molecule has 0 spiro atoms. The molecule has 1 heterocycles. The van der Waals surface area contributed by atoms with Crippen LogP contribution in [0, 0.1) is 23.2 Å². The summed E-state index contributed by atoms with van der Waals surface area (Å²) in [6.07, 6.45) is 7.49. The third-order valence-electron chi connectivity index (χ3n) is 8.47. The second-order valence-corrected chi connectivity index (χ2v) is 13.0. The van der Waals surface area contributed by atoms with Gasteiger partial charge in [0.15, 0.2) is 0 Å². The average Bonchev–Trinajstić information content (AvgIpc) is 2.72. The lowest BCUT2D eigenvalue weighted by Gasteiger charge is -2.59. The summed E-state index contributed by atoms with van der Waals surface area (Å²) in [5.74, 6) is 2.31. The quantitative estimate of drug-likeness (QED) is 0.725. The molecule has 32 heavy (non-hydrogen) atoms. The van der Waals surface area contributed by atoms with Crippen molar-refractivity contribution in [2.45, 2.75) is 82.4 Å². The van der Waals surface area contributed by atoms with Gasteiger partial charge in [0.2, 0.25) is 10.0 Å². The summed E-state index contributed by atoms with van der Waals surface area (Å²) in [4.78, 5) is 13.3. The molecule has 1 aromatic carbocycles. The lowest BCUT2D eigenvalue weighted by Crippen LogP contribution is -2.55. The molecule has 3 atom stereocenters. The zero-order valence-electron chi connectivity index (χ0n) is 19.4. The van der Waals surface area contributed by atoms with Crippen molar-refractivity contribution in [2.24, 2.45) is 23.2 Å². The summed E-state index contributed by atoms with van der Waals surface area (Å²) >= 11 is 0. The standard InChI is InChI=1S/C25H36N2O4S/c1-16-14-27(15-17(2)31-16)32(29,30)23-6-4-5-22(10-23)24(28)26-18(3)25-11-19-7-20(12-25)9-21(8-19)13-25/h4-6,10,16-21H,7-9,11-15H2,1-3H3,(H,26,28). The van der Waals surface area contributed by atoms with Crippen LogP contribution in [0.1, 0.15) is 69.7 Å². The van der Waals surface area contributed by atoms with E-state index in [4.69, 9.17) is 4.74 Å². The van der Waals surface area contributed by atoms with Crippen LogP contribution in [0.15, 0.2) is 29.2 Å². The Bertz CT molecular complexity index is 946. The van der Waals surface area contributed by atoms with Gasteiger partial charge in [0.25, 0.3) is 5.91 Å². The Morgan fingerprint density at radius 3 is 2.19 bits per heavy atom. The van der Waals surface area contributed by atoms with E-state index in [2.05, 4.69) is 12.2 Å². The van der Waals surface area contributed by atoms with E-state index in [0.29, 0.717) is 18.7 Å². The molecule has 3 unspecified atom stereocenters. The molecule has 1 saturated heterocycles. The molecule has 1 amide bonds. The third-order valence-corrected chi connectivity index (χ3v) is 10.3. The summed E-state index contributed by atoms with van der Waals surface area (Å²) in [5, 5.41) is 3.26. The Labute approximate surface area is 192 Å². The number of nitrogens with one attached hydrogen (secondary N) is 1. The maximum Gasteiger partial charge on any atom is 0.251 e. The number of morpholine rings is 1. The number of benzene rings is 1. The van der Waals surface area contributed by atoms with E-state index < -0.39 is 10.0 Å². The van der Waals surface area contributed by atoms with Crippen LogP contribution in [0.5, 0.6) is 0 Å². The Balaban J connectivity index is 1.32. The van der Waals surface area contributed by atoms with Gasteiger partial charge in [0, 0.05) is 24.7 Å². The molecule has 4 saturated carbocycles. The van der Waals surface area contributed by atoms with Crippen LogP contribution < -0.4 is 5.32 Å². The largest absolute Gasteiger partial charge is 0.373 e. The van der Waals surface area contributed by atoms with Gasteiger partial charge in [-0.1, -0.05) is 6.07 Å². The number of ether oxygens (including phenoxy) is 1. The van der Waals surface area contributed by atoms with Gasteiger partial charge in [-0.2, -0.15) is 4.31 Å². The predicted molar refractivity (Wildman–Crippen MR) is 123 cm³/mol. The fourth-order valence-corrected chi connectivity index (χ4v) is 9.05. The van der Waals surface area contributed by atoms with Crippen LogP contribution >= 0.6 is 0 Å². The fourth-order valence-electron chi connectivity index (χ4n) is 7.41. The number of hydrogen-bond donors (Lipinski definition) is 1. The summed E-state index contributed by atoms with van der Waals surface area (Å²) in [6, 6.07) is 6.60. The summed E-state index contributed by atoms with van der Waals surface area (Å²) in [5.41, 5.74) is 0.630. The Kier molecular flexibility index (Phi) is 5.66. The highest BCUT2D eigenvalue weighted by Gasteiger charge is 2.53. The minimum Gasteiger partial charge on any atom is -0.373 e. The van der Waals surface area contributed by atoms with Gasteiger partial charge in [-0.3, -0.25) is 4.79 Å². The molecule has 1 aromatic rings. The number of nitrogens with zero attached hydrogens (tertiary/aromatic N) is 1. The molecule has 0 radical (unpaired) electrons. The molecule has 1 N–H and O–H groups in total. The van der Waals surface area contributed by atoms with Crippen LogP contribution in [0.2, 0.25) is 0 Å². The van der Waals surface area contributed by atoms with Crippen LogP contribution in [-0.4, -0.2) is 50.0 Å². The molecule has 1 aliphatic heterocycles. The van der Waals surface area contributed by atoms with Gasteiger partial charge in [-0.15, -0.1) is 0 Å². The van der Waals surface area contributed by atoms with Gasteiger partial charge in [-0.05, 0) is 101 Å². The molecular formula is C25H36N2O4S. The topological polar surface area (TPSA) is 75.7 Å². The van der Waals surface area contributed by atoms with E-state index in [9.17, 15) is 13.2 Å². The number of sulfonamides is 1. The maximum atomic E-state index is 13.2. The molecule has 7 heteroatoms. The smallest absolute Gasteiger partial charge is 0.251 e. The number of carbonyl (C=O) groups excluding carboxylic acids is 1. The molecule has 6 nitrogen and oxygen atoms in total. The normalized spacial score (nSPS) is 37.9. The van der Waals surface area contributed by atoms with Gasteiger partial charge in [0.05, 0.1) is 17.1 Å². The summed E-state index contributed by atoms with van der Waals surface area (Å²) < 4.78 is 33.6. The Hall–Kier alpha value is -1.44. The van der Waals surface area contributed by atoms with E-state index in [-0.39, 0.29) is 34.5 Å². The Morgan fingerprint density at radius 2 is 1.62 bits per heavy atom. The van der Waals surface area contributed by atoms with Crippen LogP contribution in [-0.2, 0) is 14.8 Å². The molecule has 4 aliphatic carbocycles. The van der Waals surface area contributed by atoms with E-state index in [1.54, 1.807) is 18.2 Å². The van der Waals surface area contributed by atoms with Gasteiger partial charge < -0.3 is 10.1 Å². The second-order valence-electron chi connectivity index (χ2n) is 11.1. The first-order valence-corrected chi connectivity index (χ1v) is 13.7. The molecule has 176 valence electrons. The maximum absolute atomic E-state index is 13.2. The summed E-state index contributed by atoms with van der Waals surface area (Å²) in [6.45, 7) is 6.57. The highest BCUT2D eigenvalue weighted by Crippen LogP contribution is 2.61. The average molecular weight is 461 g/mol. The lowest BCUT2D eigenvalue weighted by atomic mass is 9.48. The molecule has 5 fully saturated rings. The van der Waals surface area contributed by atoms with Gasteiger partial charge >= 0.3 is 0 Å². The van der Waals surface area contributed by atoms with E-state index in [1.165, 1.54) is 48.9 Å². The monoisotopic (exact) mass is 460 g/mol. The van der Waals surface area contributed by atoms with Gasteiger partial charge in [0.1, 0.15) is 0 Å². The SMILES string of the molecule is CC1CN(S(=O)(=O)c2cccc(C(=O)NC(C)C34CC5CC(CC(C5)C3)C4)c2)CC(C)O1. The van der Waals surface area contributed by atoms with Crippen molar-refractivity contribution in [3.8, 4) is 0 Å². The number of hydrogen-bond acceptors (Lipinski definition) is 4. The van der Waals surface area contributed by atoms with E-state index in [1.807, 2.05) is 13.8 Å². The zero-order chi connectivity index (χ0) is 22.7. The lowest BCUT2D eigenvalue weighted by molar-refractivity contribution is -0.0688. The molecule has 4 bridgehead atoms.